The Hall–Kier alpha value is 0.910. The lowest BCUT2D eigenvalue weighted by molar-refractivity contribution is 0.594. The summed E-state index contributed by atoms with van der Waals surface area (Å²) in [6.45, 7) is 3.65. The van der Waals surface area contributed by atoms with Crippen LogP contribution in [0.3, 0.4) is 0 Å². The summed E-state index contributed by atoms with van der Waals surface area (Å²) in [6, 6.07) is 0. The van der Waals surface area contributed by atoms with E-state index in [0.29, 0.717) is 0 Å². The smallest absolute Gasteiger partial charge is 0.161 e. The zero-order chi connectivity index (χ0) is 8.41. The highest BCUT2D eigenvalue weighted by atomic mass is 79.9. The zero-order valence-electron chi connectivity index (χ0n) is 5.89. The molecule has 0 aliphatic heterocycles. The number of sulfone groups is 1. The van der Waals surface area contributed by atoms with Crippen molar-refractivity contribution in [3.8, 4) is 0 Å². The molecule has 0 aromatic rings. The second kappa shape index (κ2) is 3.54. The molecule has 0 aromatic heterocycles. The second-order valence-electron chi connectivity index (χ2n) is 2.72. The van der Waals surface area contributed by atoms with Gasteiger partial charge in [-0.1, -0.05) is 31.9 Å². The van der Waals surface area contributed by atoms with E-state index in [9.17, 15) is 8.42 Å². The molecule has 5 heteroatoms. The average molecular weight is 294 g/mol. The Bertz CT molecular complexity index is 190. The van der Waals surface area contributed by atoms with Crippen LogP contribution in [0.4, 0.5) is 0 Å². The van der Waals surface area contributed by atoms with Crippen molar-refractivity contribution in [1.29, 1.82) is 0 Å². The van der Waals surface area contributed by atoms with Gasteiger partial charge in [-0.05, 0) is 13.8 Å². The number of hydrogen-bond donors (Lipinski definition) is 0. The van der Waals surface area contributed by atoms with Gasteiger partial charge in [0.25, 0.3) is 0 Å². The van der Waals surface area contributed by atoms with E-state index in [1.54, 1.807) is 0 Å². The van der Waals surface area contributed by atoms with Gasteiger partial charge in [0, 0.05) is 4.32 Å². The maximum atomic E-state index is 10.9. The van der Waals surface area contributed by atoms with Gasteiger partial charge in [0.05, 0.1) is 5.75 Å². The average Bonchev–Trinajstić information content (AvgIpc) is 1.60. The minimum Gasteiger partial charge on any atom is -0.228 e. The maximum Gasteiger partial charge on any atom is 0.161 e. The highest BCUT2D eigenvalue weighted by molar-refractivity contribution is 9.11. The first-order valence-electron chi connectivity index (χ1n) is 2.72. The van der Waals surface area contributed by atoms with Crippen LogP contribution >= 0.6 is 31.9 Å². The van der Waals surface area contributed by atoms with E-state index in [1.807, 2.05) is 13.8 Å². The molecule has 2 nitrogen and oxygen atoms in total. The Morgan fingerprint density at radius 2 is 1.80 bits per heavy atom. The Labute approximate surface area is 78.6 Å². The summed E-state index contributed by atoms with van der Waals surface area (Å²) in [7, 11) is -2.91. The summed E-state index contributed by atoms with van der Waals surface area (Å²) in [5.74, 6) is 0.158. The van der Waals surface area contributed by atoms with Gasteiger partial charge in [0.2, 0.25) is 0 Å². The minimum absolute atomic E-state index is 0.0367. The van der Waals surface area contributed by atoms with Gasteiger partial charge in [-0.3, -0.25) is 0 Å². The van der Waals surface area contributed by atoms with Crippen molar-refractivity contribution in [2.75, 3.05) is 10.4 Å². The van der Waals surface area contributed by atoms with Gasteiger partial charge < -0.3 is 0 Å². The van der Waals surface area contributed by atoms with Crippen LogP contribution in [-0.4, -0.2) is 23.2 Å². The summed E-state index contributed by atoms with van der Waals surface area (Å²) in [5, 5.41) is 0. The van der Waals surface area contributed by atoms with Gasteiger partial charge >= 0.3 is 0 Å². The SMILES string of the molecule is CC(C)(Br)CS(=O)(=O)CBr. The lowest BCUT2D eigenvalue weighted by atomic mass is 10.3. The van der Waals surface area contributed by atoms with Crippen LogP contribution < -0.4 is 0 Å². The van der Waals surface area contributed by atoms with Gasteiger partial charge in [-0.15, -0.1) is 0 Å². The van der Waals surface area contributed by atoms with Gasteiger partial charge in [-0.2, -0.15) is 0 Å². The second-order valence-corrected chi connectivity index (χ2v) is 8.23. The molecule has 0 aromatic carbocycles. The largest absolute Gasteiger partial charge is 0.228 e. The molecular formula is C5H10Br2O2S. The molecule has 0 rings (SSSR count). The van der Waals surface area contributed by atoms with Crippen LogP contribution in [0.1, 0.15) is 13.8 Å². The molecule has 0 heterocycles. The van der Waals surface area contributed by atoms with Crippen molar-refractivity contribution >= 4 is 41.7 Å². The lowest BCUT2D eigenvalue weighted by Crippen LogP contribution is -2.24. The third-order valence-electron chi connectivity index (χ3n) is 0.729. The fraction of sp³-hybridized carbons (Fsp3) is 1.00. The van der Waals surface area contributed by atoms with Crippen LogP contribution in [0.5, 0.6) is 0 Å². The first kappa shape index (κ1) is 10.9. The van der Waals surface area contributed by atoms with Gasteiger partial charge in [0.1, 0.15) is 4.66 Å². The maximum absolute atomic E-state index is 10.9. The normalized spacial score (nSPS) is 13.6. The highest BCUT2D eigenvalue weighted by Gasteiger charge is 2.21. The molecule has 0 amide bonds. The summed E-state index contributed by atoms with van der Waals surface area (Å²) in [5.41, 5.74) is 0. The van der Waals surface area contributed by atoms with Gasteiger partial charge in [0.15, 0.2) is 9.84 Å². The fourth-order valence-electron chi connectivity index (χ4n) is 0.562. The molecule has 0 saturated heterocycles. The molecule has 62 valence electrons. The van der Waals surface area contributed by atoms with E-state index in [4.69, 9.17) is 0 Å². The van der Waals surface area contributed by atoms with Crippen LogP contribution in [0, 0.1) is 0 Å². The molecule has 10 heavy (non-hydrogen) atoms. The molecule has 0 aliphatic rings. The molecular weight excluding hydrogens is 284 g/mol. The molecule has 0 N–H and O–H groups in total. The fourth-order valence-corrected chi connectivity index (χ4v) is 3.22. The molecule has 0 fully saturated rings. The summed E-state index contributed by atoms with van der Waals surface area (Å²) in [6.07, 6.45) is 0. The Morgan fingerprint density at radius 1 is 1.40 bits per heavy atom. The number of alkyl halides is 2. The minimum atomic E-state index is -2.91. The first-order chi connectivity index (χ1) is 4.27. The quantitative estimate of drug-likeness (QED) is 0.745. The van der Waals surface area contributed by atoms with E-state index in [2.05, 4.69) is 31.9 Å². The Kier molecular flexibility index (Phi) is 3.86. The molecule has 0 unspecified atom stereocenters. The number of hydrogen-bond acceptors (Lipinski definition) is 2. The van der Waals surface area contributed by atoms with Crippen molar-refractivity contribution in [3.63, 3.8) is 0 Å². The summed E-state index contributed by atoms with van der Waals surface area (Å²) < 4.78 is 21.6. The standard InChI is InChI=1S/C5H10Br2O2S/c1-5(2,7)3-10(8,9)4-6/h3-4H2,1-2H3. The highest BCUT2D eigenvalue weighted by Crippen LogP contribution is 2.18. The molecule has 0 atom stereocenters. The van der Waals surface area contributed by atoms with Crippen LogP contribution in [0.15, 0.2) is 0 Å². The van der Waals surface area contributed by atoms with Crippen LogP contribution in [0.2, 0.25) is 0 Å². The number of halogens is 2. The van der Waals surface area contributed by atoms with Crippen molar-refractivity contribution in [2.45, 2.75) is 18.2 Å². The van der Waals surface area contributed by atoms with E-state index in [0.717, 1.165) is 0 Å². The predicted molar refractivity (Wildman–Crippen MR) is 50.6 cm³/mol. The van der Waals surface area contributed by atoms with Crippen molar-refractivity contribution < 1.29 is 8.42 Å². The van der Waals surface area contributed by atoms with Crippen molar-refractivity contribution in [2.24, 2.45) is 0 Å². The summed E-state index contributed by atoms with van der Waals surface area (Å²) >= 11 is 6.17. The molecule has 0 spiro atoms. The van der Waals surface area contributed by atoms with Crippen molar-refractivity contribution in [3.05, 3.63) is 0 Å². The summed E-state index contributed by atoms with van der Waals surface area (Å²) in [4.78, 5) is 0. The predicted octanol–water partition coefficient (Wildman–Crippen LogP) is 1.93. The molecule has 0 aliphatic carbocycles. The third kappa shape index (κ3) is 5.68. The molecule has 0 radical (unpaired) electrons. The van der Waals surface area contributed by atoms with E-state index < -0.39 is 9.84 Å². The topological polar surface area (TPSA) is 34.1 Å². The zero-order valence-corrected chi connectivity index (χ0v) is 9.88. The Balaban J connectivity index is 4.18. The Morgan fingerprint density at radius 3 is 1.90 bits per heavy atom. The van der Waals surface area contributed by atoms with Crippen LogP contribution in [0.25, 0.3) is 0 Å². The van der Waals surface area contributed by atoms with E-state index >= 15 is 0 Å². The van der Waals surface area contributed by atoms with E-state index in [1.165, 1.54) is 0 Å². The van der Waals surface area contributed by atoms with E-state index in [-0.39, 0.29) is 14.7 Å². The van der Waals surface area contributed by atoms with Crippen molar-refractivity contribution in [1.82, 2.24) is 0 Å². The number of rotatable bonds is 3. The van der Waals surface area contributed by atoms with Gasteiger partial charge in [-0.25, -0.2) is 8.42 Å². The lowest BCUT2D eigenvalue weighted by Gasteiger charge is -2.14. The first-order valence-corrected chi connectivity index (χ1v) is 6.46. The molecule has 0 saturated carbocycles. The third-order valence-corrected chi connectivity index (χ3v) is 4.97. The monoisotopic (exact) mass is 292 g/mol. The van der Waals surface area contributed by atoms with Crippen LogP contribution in [-0.2, 0) is 9.84 Å². The molecule has 0 bridgehead atoms.